The molecule has 0 bridgehead atoms. The number of rotatable bonds is 1. The summed E-state index contributed by atoms with van der Waals surface area (Å²) in [5.41, 5.74) is 2.62. The van der Waals surface area contributed by atoms with E-state index in [9.17, 15) is 9.90 Å². The van der Waals surface area contributed by atoms with Gasteiger partial charge < -0.3 is 15.0 Å². The standard InChI is InChI=1S/C15H18N2O2/c1-10-14(12-6-2-3-7-13(12)16-10)15(19)17-8-4-5-11(18)9-17/h2-3,6-7,11,16,18H,4-5,8-9H2,1H3. The minimum Gasteiger partial charge on any atom is -0.391 e. The number of carbonyl (C=O) groups is 1. The number of benzene rings is 1. The Kier molecular flexibility index (Phi) is 3.03. The number of aliphatic hydroxyl groups excluding tert-OH is 1. The van der Waals surface area contributed by atoms with Crippen molar-refractivity contribution < 1.29 is 9.90 Å². The molecule has 0 spiro atoms. The molecule has 19 heavy (non-hydrogen) atoms. The van der Waals surface area contributed by atoms with Gasteiger partial charge in [-0.25, -0.2) is 0 Å². The Labute approximate surface area is 112 Å². The summed E-state index contributed by atoms with van der Waals surface area (Å²) < 4.78 is 0. The molecule has 1 aromatic heterocycles. The van der Waals surface area contributed by atoms with Crippen LogP contribution in [-0.4, -0.2) is 40.1 Å². The number of aliphatic hydroxyl groups is 1. The molecule has 1 saturated heterocycles. The number of fused-ring (bicyclic) bond motifs is 1. The summed E-state index contributed by atoms with van der Waals surface area (Å²) in [5, 5.41) is 10.7. The molecule has 2 N–H and O–H groups in total. The molecule has 4 heteroatoms. The van der Waals surface area contributed by atoms with Crippen LogP contribution < -0.4 is 0 Å². The highest BCUT2D eigenvalue weighted by Crippen LogP contribution is 2.24. The molecule has 2 heterocycles. The van der Waals surface area contributed by atoms with E-state index in [1.54, 1.807) is 4.90 Å². The summed E-state index contributed by atoms with van der Waals surface area (Å²) in [5.74, 6) is 0.0219. The number of aryl methyl sites for hydroxylation is 1. The number of likely N-dealkylation sites (tertiary alicyclic amines) is 1. The molecule has 1 aromatic carbocycles. The van der Waals surface area contributed by atoms with Crippen LogP contribution >= 0.6 is 0 Å². The van der Waals surface area contributed by atoms with E-state index in [2.05, 4.69) is 4.98 Å². The molecule has 100 valence electrons. The lowest BCUT2D eigenvalue weighted by Gasteiger charge is -2.30. The average molecular weight is 258 g/mol. The van der Waals surface area contributed by atoms with E-state index in [1.807, 2.05) is 31.2 Å². The summed E-state index contributed by atoms with van der Waals surface area (Å²) in [6.45, 7) is 3.10. The quantitative estimate of drug-likeness (QED) is 0.822. The van der Waals surface area contributed by atoms with Crippen LogP contribution in [0.1, 0.15) is 28.9 Å². The number of para-hydroxylation sites is 1. The Morgan fingerprint density at radius 3 is 3.00 bits per heavy atom. The number of H-pyrrole nitrogens is 1. The first-order chi connectivity index (χ1) is 9.16. The van der Waals surface area contributed by atoms with Crippen molar-refractivity contribution in [1.29, 1.82) is 0 Å². The normalized spacial score (nSPS) is 19.9. The van der Waals surface area contributed by atoms with Gasteiger partial charge in [0.15, 0.2) is 0 Å². The lowest BCUT2D eigenvalue weighted by atomic mass is 10.1. The van der Waals surface area contributed by atoms with Crippen LogP contribution in [0.15, 0.2) is 24.3 Å². The smallest absolute Gasteiger partial charge is 0.256 e. The molecule has 0 aliphatic carbocycles. The van der Waals surface area contributed by atoms with Crippen LogP contribution in [0.3, 0.4) is 0 Å². The maximum absolute atomic E-state index is 12.6. The van der Waals surface area contributed by atoms with Gasteiger partial charge in [-0.05, 0) is 25.8 Å². The van der Waals surface area contributed by atoms with E-state index in [1.165, 1.54) is 0 Å². The van der Waals surface area contributed by atoms with Crippen LogP contribution in [0, 0.1) is 6.92 Å². The number of hydrogen-bond acceptors (Lipinski definition) is 2. The summed E-state index contributed by atoms with van der Waals surface area (Å²) in [6.07, 6.45) is 1.27. The van der Waals surface area contributed by atoms with Crippen LogP contribution in [-0.2, 0) is 0 Å². The van der Waals surface area contributed by atoms with Crippen molar-refractivity contribution in [3.05, 3.63) is 35.5 Å². The van der Waals surface area contributed by atoms with Gasteiger partial charge in [-0.2, -0.15) is 0 Å². The molecule has 1 aliphatic heterocycles. The van der Waals surface area contributed by atoms with Crippen molar-refractivity contribution in [3.63, 3.8) is 0 Å². The summed E-state index contributed by atoms with van der Waals surface area (Å²) in [7, 11) is 0. The fourth-order valence-corrected chi connectivity index (χ4v) is 2.85. The molecule has 0 radical (unpaired) electrons. The molecule has 1 amide bonds. The lowest BCUT2D eigenvalue weighted by Crippen LogP contribution is -2.42. The number of β-amino-alcohol motifs (C(OH)–C–C–N with tert-alkyl or cyclic N) is 1. The maximum atomic E-state index is 12.6. The fourth-order valence-electron chi connectivity index (χ4n) is 2.85. The largest absolute Gasteiger partial charge is 0.391 e. The van der Waals surface area contributed by atoms with E-state index in [-0.39, 0.29) is 12.0 Å². The molecule has 1 aliphatic rings. The molecular formula is C15H18N2O2. The van der Waals surface area contributed by atoms with Crippen LogP contribution in [0.4, 0.5) is 0 Å². The van der Waals surface area contributed by atoms with E-state index < -0.39 is 0 Å². The molecule has 1 unspecified atom stereocenters. The molecule has 4 nitrogen and oxygen atoms in total. The van der Waals surface area contributed by atoms with Gasteiger partial charge in [-0.3, -0.25) is 4.79 Å². The fraction of sp³-hybridized carbons (Fsp3) is 0.400. The first-order valence-corrected chi connectivity index (χ1v) is 6.71. The number of nitrogens with one attached hydrogen (secondary N) is 1. The van der Waals surface area contributed by atoms with Gasteiger partial charge >= 0.3 is 0 Å². The van der Waals surface area contributed by atoms with Gasteiger partial charge in [-0.15, -0.1) is 0 Å². The lowest BCUT2D eigenvalue weighted by molar-refractivity contribution is 0.0475. The van der Waals surface area contributed by atoms with E-state index in [0.29, 0.717) is 6.54 Å². The Balaban J connectivity index is 1.99. The van der Waals surface area contributed by atoms with Crippen molar-refractivity contribution in [1.82, 2.24) is 9.88 Å². The first kappa shape index (κ1) is 12.2. The number of nitrogens with zero attached hydrogens (tertiary/aromatic N) is 1. The van der Waals surface area contributed by atoms with Gasteiger partial charge in [0.1, 0.15) is 0 Å². The van der Waals surface area contributed by atoms with Crippen LogP contribution in [0.5, 0.6) is 0 Å². The van der Waals surface area contributed by atoms with Gasteiger partial charge in [0, 0.05) is 29.7 Å². The SMILES string of the molecule is Cc1[nH]c2ccccc2c1C(=O)N1CCCC(O)C1. The third-order valence-corrected chi connectivity index (χ3v) is 3.79. The molecule has 0 saturated carbocycles. The Hall–Kier alpha value is -1.81. The van der Waals surface area contributed by atoms with Crippen molar-refractivity contribution in [2.45, 2.75) is 25.9 Å². The maximum Gasteiger partial charge on any atom is 0.256 e. The van der Waals surface area contributed by atoms with E-state index in [0.717, 1.165) is 41.5 Å². The molecular weight excluding hydrogens is 240 g/mol. The van der Waals surface area contributed by atoms with Crippen molar-refractivity contribution in [3.8, 4) is 0 Å². The van der Waals surface area contributed by atoms with Crippen LogP contribution in [0.2, 0.25) is 0 Å². The number of piperidine rings is 1. The second-order valence-corrected chi connectivity index (χ2v) is 5.22. The van der Waals surface area contributed by atoms with Gasteiger partial charge in [0.05, 0.1) is 11.7 Å². The predicted molar refractivity (Wildman–Crippen MR) is 74.2 cm³/mol. The van der Waals surface area contributed by atoms with Gasteiger partial charge in [0.25, 0.3) is 5.91 Å². The zero-order valence-corrected chi connectivity index (χ0v) is 11.0. The highest BCUT2D eigenvalue weighted by molar-refractivity contribution is 6.08. The van der Waals surface area contributed by atoms with Crippen molar-refractivity contribution in [2.24, 2.45) is 0 Å². The Morgan fingerprint density at radius 1 is 1.42 bits per heavy atom. The molecule has 1 atom stereocenters. The van der Waals surface area contributed by atoms with Crippen molar-refractivity contribution >= 4 is 16.8 Å². The van der Waals surface area contributed by atoms with Gasteiger partial charge in [-0.1, -0.05) is 18.2 Å². The summed E-state index contributed by atoms with van der Waals surface area (Å²) in [4.78, 5) is 17.6. The third kappa shape index (κ3) is 2.12. The Bertz CT molecular complexity index is 618. The number of amides is 1. The monoisotopic (exact) mass is 258 g/mol. The number of carbonyl (C=O) groups excluding carboxylic acids is 1. The second kappa shape index (κ2) is 4.70. The number of aromatic nitrogens is 1. The second-order valence-electron chi connectivity index (χ2n) is 5.22. The van der Waals surface area contributed by atoms with Gasteiger partial charge in [0.2, 0.25) is 0 Å². The van der Waals surface area contributed by atoms with E-state index >= 15 is 0 Å². The third-order valence-electron chi connectivity index (χ3n) is 3.79. The topological polar surface area (TPSA) is 56.3 Å². The summed E-state index contributed by atoms with van der Waals surface area (Å²) in [6, 6.07) is 7.84. The summed E-state index contributed by atoms with van der Waals surface area (Å²) >= 11 is 0. The molecule has 2 aromatic rings. The zero-order valence-electron chi connectivity index (χ0n) is 11.0. The molecule has 1 fully saturated rings. The van der Waals surface area contributed by atoms with Crippen LogP contribution in [0.25, 0.3) is 10.9 Å². The number of hydrogen-bond donors (Lipinski definition) is 2. The average Bonchev–Trinajstić information content (AvgIpc) is 2.74. The number of aromatic amines is 1. The Morgan fingerprint density at radius 2 is 2.21 bits per heavy atom. The highest BCUT2D eigenvalue weighted by atomic mass is 16.3. The molecule has 3 rings (SSSR count). The zero-order chi connectivity index (χ0) is 13.4. The van der Waals surface area contributed by atoms with Crippen molar-refractivity contribution in [2.75, 3.05) is 13.1 Å². The predicted octanol–water partition coefficient (Wildman–Crippen LogP) is 2.07. The highest BCUT2D eigenvalue weighted by Gasteiger charge is 2.26. The first-order valence-electron chi connectivity index (χ1n) is 6.71. The minimum atomic E-state index is -0.386. The van der Waals surface area contributed by atoms with E-state index in [4.69, 9.17) is 0 Å². The minimum absolute atomic E-state index is 0.0219.